The predicted octanol–water partition coefficient (Wildman–Crippen LogP) is 0.698. The molecule has 0 saturated carbocycles. The molecule has 0 aliphatic carbocycles. The average Bonchev–Trinajstić information content (AvgIpc) is 2.26. The number of carboxylic acids is 1. The second-order valence-electron chi connectivity index (χ2n) is 2.83. The van der Waals surface area contributed by atoms with Gasteiger partial charge in [-0.2, -0.15) is 0 Å². The number of carbonyl (C=O) groups excluding carboxylic acids is 1. The third kappa shape index (κ3) is 2.13. The van der Waals surface area contributed by atoms with Crippen LogP contribution in [0.3, 0.4) is 0 Å². The van der Waals surface area contributed by atoms with Gasteiger partial charge in [0, 0.05) is 11.1 Å². The third-order valence-corrected chi connectivity index (χ3v) is 1.98. The molecule has 2 N–H and O–H groups in total. The smallest absolute Gasteiger partial charge is 0.336 e. The Bertz CT molecular complexity index is 397. The molecule has 0 bridgehead atoms. The van der Waals surface area contributed by atoms with Gasteiger partial charge in [0.15, 0.2) is 6.29 Å². The summed E-state index contributed by atoms with van der Waals surface area (Å²) in [5, 5.41) is 17.8. The molecule has 15 heavy (non-hydrogen) atoms. The van der Waals surface area contributed by atoms with E-state index < -0.39 is 5.97 Å². The number of hydrogen-bond acceptors (Lipinski definition) is 4. The van der Waals surface area contributed by atoms with Crippen molar-refractivity contribution in [2.75, 3.05) is 7.11 Å². The van der Waals surface area contributed by atoms with E-state index in [2.05, 4.69) is 0 Å². The van der Waals surface area contributed by atoms with Crippen molar-refractivity contribution >= 4 is 12.3 Å². The molecule has 0 aliphatic heterocycles. The maximum absolute atomic E-state index is 10.8. The molecule has 0 heterocycles. The Labute approximate surface area is 85.9 Å². The molecular formula is C10H10O5. The molecule has 1 aromatic carbocycles. The first kappa shape index (κ1) is 11.2. The van der Waals surface area contributed by atoms with Crippen molar-refractivity contribution < 1.29 is 24.5 Å². The number of benzene rings is 1. The predicted molar refractivity (Wildman–Crippen MR) is 51.3 cm³/mol. The fourth-order valence-electron chi connectivity index (χ4n) is 1.24. The number of aliphatic hydroxyl groups is 1. The van der Waals surface area contributed by atoms with Crippen molar-refractivity contribution in [3.8, 4) is 5.75 Å². The van der Waals surface area contributed by atoms with Crippen LogP contribution in [-0.2, 0) is 6.61 Å². The largest absolute Gasteiger partial charge is 0.496 e. The normalized spacial score (nSPS) is 9.73. The third-order valence-electron chi connectivity index (χ3n) is 1.98. The fraction of sp³-hybridized carbons (Fsp3) is 0.200. The molecule has 0 spiro atoms. The van der Waals surface area contributed by atoms with Gasteiger partial charge in [-0.15, -0.1) is 0 Å². The number of rotatable bonds is 4. The van der Waals surface area contributed by atoms with Crippen LogP contribution in [0.4, 0.5) is 0 Å². The van der Waals surface area contributed by atoms with Crippen LogP contribution in [0.25, 0.3) is 0 Å². The van der Waals surface area contributed by atoms with E-state index in [1.165, 1.54) is 19.2 Å². The van der Waals surface area contributed by atoms with E-state index in [-0.39, 0.29) is 23.5 Å². The number of aldehydes is 1. The Kier molecular flexibility index (Phi) is 3.41. The van der Waals surface area contributed by atoms with E-state index in [0.29, 0.717) is 11.8 Å². The lowest BCUT2D eigenvalue weighted by molar-refractivity contribution is 0.0693. The van der Waals surface area contributed by atoms with Gasteiger partial charge in [-0.25, -0.2) is 4.79 Å². The number of ether oxygens (including phenoxy) is 1. The Morgan fingerprint density at radius 1 is 1.53 bits per heavy atom. The Morgan fingerprint density at radius 2 is 2.20 bits per heavy atom. The monoisotopic (exact) mass is 210 g/mol. The lowest BCUT2D eigenvalue weighted by Crippen LogP contribution is -2.05. The van der Waals surface area contributed by atoms with E-state index >= 15 is 0 Å². The number of carboxylic acid groups (broad SMARTS) is 1. The highest BCUT2D eigenvalue weighted by atomic mass is 16.5. The zero-order valence-electron chi connectivity index (χ0n) is 8.06. The van der Waals surface area contributed by atoms with Gasteiger partial charge in [0.2, 0.25) is 0 Å². The summed E-state index contributed by atoms with van der Waals surface area (Å²) in [6.45, 7) is -0.316. The van der Waals surface area contributed by atoms with Crippen LogP contribution in [0, 0.1) is 0 Å². The number of hydrogen-bond donors (Lipinski definition) is 2. The Hall–Kier alpha value is -1.88. The summed E-state index contributed by atoms with van der Waals surface area (Å²) in [6, 6.07) is 2.52. The van der Waals surface area contributed by atoms with Gasteiger partial charge in [0.05, 0.1) is 19.3 Å². The first-order valence-corrected chi connectivity index (χ1v) is 4.14. The first-order valence-electron chi connectivity index (χ1n) is 4.14. The molecule has 1 aromatic rings. The summed E-state index contributed by atoms with van der Waals surface area (Å²) >= 11 is 0. The topological polar surface area (TPSA) is 83.8 Å². The highest BCUT2D eigenvalue weighted by Crippen LogP contribution is 2.23. The van der Waals surface area contributed by atoms with Crippen molar-refractivity contribution in [1.82, 2.24) is 0 Å². The molecule has 0 aromatic heterocycles. The van der Waals surface area contributed by atoms with Crippen LogP contribution in [0.1, 0.15) is 26.3 Å². The minimum atomic E-state index is -1.21. The minimum absolute atomic E-state index is 0.0207. The van der Waals surface area contributed by atoms with E-state index in [1.807, 2.05) is 0 Å². The molecule has 0 amide bonds. The van der Waals surface area contributed by atoms with Crippen LogP contribution >= 0.6 is 0 Å². The van der Waals surface area contributed by atoms with Crippen LogP contribution in [0.15, 0.2) is 12.1 Å². The van der Waals surface area contributed by atoms with Crippen LogP contribution in [-0.4, -0.2) is 29.6 Å². The molecule has 0 unspecified atom stereocenters. The fourth-order valence-corrected chi connectivity index (χ4v) is 1.24. The maximum Gasteiger partial charge on any atom is 0.336 e. The van der Waals surface area contributed by atoms with Crippen LogP contribution < -0.4 is 4.74 Å². The second-order valence-corrected chi connectivity index (χ2v) is 2.83. The van der Waals surface area contributed by atoms with Crippen LogP contribution in [0.2, 0.25) is 0 Å². The van der Waals surface area contributed by atoms with Gasteiger partial charge in [0.1, 0.15) is 5.75 Å². The van der Waals surface area contributed by atoms with Crippen molar-refractivity contribution in [2.45, 2.75) is 6.61 Å². The highest BCUT2D eigenvalue weighted by Gasteiger charge is 2.14. The highest BCUT2D eigenvalue weighted by molar-refractivity contribution is 5.97. The second kappa shape index (κ2) is 4.56. The molecule has 0 aliphatic rings. The zero-order valence-corrected chi connectivity index (χ0v) is 8.06. The standard InChI is InChI=1S/C10H10O5/c1-15-9-3-8(10(13)14)6(4-11)2-7(9)5-12/h2-4,12H,5H2,1H3,(H,13,14). The van der Waals surface area contributed by atoms with Gasteiger partial charge in [-0.1, -0.05) is 0 Å². The Balaban J connectivity index is 3.40. The molecule has 80 valence electrons. The van der Waals surface area contributed by atoms with E-state index in [9.17, 15) is 9.59 Å². The molecule has 0 radical (unpaired) electrons. The minimum Gasteiger partial charge on any atom is -0.496 e. The van der Waals surface area contributed by atoms with Crippen LogP contribution in [0.5, 0.6) is 5.75 Å². The molecule has 0 atom stereocenters. The number of aliphatic hydroxyl groups excluding tert-OH is 1. The lowest BCUT2D eigenvalue weighted by atomic mass is 10.0. The van der Waals surface area contributed by atoms with Gasteiger partial charge in [-0.05, 0) is 12.1 Å². The molecule has 0 fully saturated rings. The quantitative estimate of drug-likeness (QED) is 0.714. The molecule has 5 nitrogen and oxygen atoms in total. The summed E-state index contributed by atoms with van der Waals surface area (Å²) in [7, 11) is 1.36. The summed E-state index contributed by atoms with van der Waals surface area (Å²) in [5.74, 6) is -0.958. The van der Waals surface area contributed by atoms with E-state index in [0.717, 1.165) is 0 Å². The molecular weight excluding hydrogens is 200 g/mol. The van der Waals surface area contributed by atoms with E-state index in [4.69, 9.17) is 14.9 Å². The summed E-state index contributed by atoms with van der Waals surface area (Å²) in [4.78, 5) is 21.4. The Morgan fingerprint density at radius 3 is 2.60 bits per heavy atom. The molecule has 1 rings (SSSR count). The maximum atomic E-state index is 10.8. The number of aromatic carboxylic acids is 1. The first-order chi connectivity index (χ1) is 7.13. The SMILES string of the molecule is COc1cc(C(=O)O)c(C=O)cc1CO. The number of methoxy groups -OCH3 is 1. The summed E-state index contributed by atoms with van der Waals surface area (Å²) in [6.07, 6.45) is 0.433. The van der Waals surface area contributed by atoms with Crippen molar-refractivity contribution in [1.29, 1.82) is 0 Å². The van der Waals surface area contributed by atoms with Crippen molar-refractivity contribution in [3.05, 3.63) is 28.8 Å². The van der Waals surface area contributed by atoms with Gasteiger partial charge >= 0.3 is 5.97 Å². The molecule has 0 saturated heterocycles. The molecule has 5 heteroatoms. The number of carbonyl (C=O) groups is 2. The van der Waals surface area contributed by atoms with E-state index in [1.54, 1.807) is 0 Å². The van der Waals surface area contributed by atoms with Gasteiger partial charge < -0.3 is 14.9 Å². The van der Waals surface area contributed by atoms with Crippen molar-refractivity contribution in [3.63, 3.8) is 0 Å². The summed E-state index contributed by atoms with van der Waals surface area (Å²) in [5.41, 5.74) is 0.260. The van der Waals surface area contributed by atoms with Gasteiger partial charge in [0.25, 0.3) is 0 Å². The van der Waals surface area contributed by atoms with Crippen molar-refractivity contribution in [2.24, 2.45) is 0 Å². The summed E-state index contributed by atoms with van der Waals surface area (Å²) < 4.78 is 4.89. The zero-order chi connectivity index (χ0) is 11.4. The lowest BCUT2D eigenvalue weighted by Gasteiger charge is -2.08. The average molecular weight is 210 g/mol. The van der Waals surface area contributed by atoms with Gasteiger partial charge in [-0.3, -0.25) is 4.79 Å².